The third kappa shape index (κ3) is 3.75. The number of ether oxygens (including phenoxy) is 1. The average molecular weight is 378 g/mol. The van der Waals surface area contributed by atoms with Crippen LogP contribution in [0.1, 0.15) is 23.1 Å². The number of para-hydroxylation sites is 1. The summed E-state index contributed by atoms with van der Waals surface area (Å²) in [6, 6.07) is 16.2. The highest BCUT2D eigenvalue weighted by molar-refractivity contribution is 5.89. The summed E-state index contributed by atoms with van der Waals surface area (Å²) in [6.45, 7) is 2.53. The smallest absolute Gasteiger partial charge is 0.228 e. The molecule has 0 aromatic heterocycles. The molecule has 2 aliphatic rings. The largest absolute Gasteiger partial charge is 0.496 e. The molecule has 0 bridgehead atoms. The van der Waals surface area contributed by atoms with E-state index in [1.807, 2.05) is 46.2 Å². The lowest BCUT2D eigenvalue weighted by Gasteiger charge is -2.30. The standard InChI is InChI=1S/C23H26N2O3/c1-28-21-9-5-4-7-18(21)11-12-24-16-20(14-22(24)26)23(27)25-13-10-17-6-2-3-8-19(17)15-25/h2-9,20H,10-16H2,1H3. The molecule has 146 valence electrons. The van der Waals surface area contributed by atoms with Crippen LogP contribution in [0.4, 0.5) is 0 Å². The van der Waals surface area contributed by atoms with Crippen molar-refractivity contribution >= 4 is 11.8 Å². The number of nitrogens with zero attached hydrogens (tertiary/aromatic N) is 2. The van der Waals surface area contributed by atoms with Crippen LogP contribution in [0.25, 0.3) is 0 Å². The van der Waals surface area contributed by atoms with Crippen molar-refractivity contribution in [1.82, 2.24) is 9.80 Å². The minimum absolute atomic E-state index is 0.0747. The van der Waals surface area contributed by atoms with Gasteiger partial charge in [0.2, 0.25) is 11.8 Å². The van der Waals surface area contributed by atoms with Crippen molar-refractivity contribution in [1.29, 1.82) is 0 Å². The van der Waals surface area contributed by atoms with Crippen LogP contribution < -0.4 is 4.74 Å². The molecule has 2 aromatic rings. The van der Waals surface area contributed by atoms with Crippen molar-refractivity contribution in [3.05, 3.63) is 65.2 Å². The molecule has 2 aliphatic heterocycles. The van der Waals surface area contributed by atoms with Crippen molar-refractivity contribution in [3.63, 3.8) is 0 Å². The summed E-state index contributed by atoms with van der Waals surface area (Å²) in [5, 5.41) is 0. The Bertz CT molecular complexity index is 880. The Morgan fingerprint density at radius 3 is 2.68 bits per heavy atom. The van der Waals surface area contributed by atoms with Crippen molar-refractivity contribution in [2.24, 2.45) is 5.92 Å². The molecule has 2 heterocycles. The van der Waals surface area contributed by atoms with Gasteiger partial charge in [-0.15, -0.1) is 0 Å². The highest BCUT2D eigenvalue weighted by Gasteiger charge is 2.37. The molecule has 28 heavy (non-hydrogen) atoms. The van der Waals surface area contributed by atoms with Gasteiger partial charge in [-0.1, -0.05) is 42.5 Å². The van der Waals surface area contributed by atoms with Gasteiger partial charge in [0.25, 0.3) is 0 Å². The number of fused-ring (bicyclic) bond motifs is 1. The van der Waals surface area contributed by atoms with Crippen LogP contribution in [0.2, 0.25) is 0 Å². The van der Waals surface area contributed by atoms with E-state index in [9.17, 15) is 9.59 Å². The van der Waals surface area contributed by atoms with Gasteiger partial charge in [-0.05, 0) is 35.6 Å². The van der Waals surface area contributed by atoms with Gasteiger partial charge in [0, 0.05) is 32.6 Å². The second kappa shape index (κ2) is 8.05. The molecule has 2 amide bonds. The number of carbonyl (C=O) groups excluding carboxylic acids is 2. The molecule has 0 N–H and O–H groups in total. The molecule has 0 saturated carbocycles. The van der Waals surface area contributed by atoms with Crippen LogP contribution in [0.5, 0.6) is 5.75 Å². The molecule has 1 atom stereocenters. The minimum Gasteiger partial charge on any atom is -0.496 e. The topological polar surface area (TPSA) is 49.9 Å². The fourth-order valence-corrected chi connectivity index (χ4v) is 4.26. The first-order valence-electron chi connectivity index (χ1n) is 9.91. The van der Waals surface area contributed by atoms with Crippen molar-refractivity contribution in [2.45, 2.75) is 25.8 Å². The number of benzene rings is 2. The van der Waals surface area contributed by atoms with Crippen molar-refractivity contribution in [3.8, 4) is 5.75 Å². The Morgan fingerprint density at radius 1 is 1.11 bits per heavy atom. The lowest BCUT2D eigenvalue weighted by atomic mass is 9.98. The first-order chi connectivity index (χ1) is 13.7. The molecule has 5 nitrogen and oxygen atoms in total. The van der Waals surface area contributed by atoms with Gasteiger partial charge in [0.1, 0.15) is 5.75 Å². The van der Waals surface area contributed by atoms with E-state index >= 15 is 0 Å². The van der Waals surface area contributed by atoms with Crippen LogP contribution in [0, 0.1) is 5.92 Å². The normalized spacial score (nSPS) is 18.9. The zero-order chi connectivity index (χ0) is 19.5. The number of carbonyl (C=O) groups is 2. The highest BCUT2D eigenvalue weighted by Crippen LogP contribution is 2.26. The fraction of sp³-hybridized carbons (Fsp3) is 0.391. The second-order valence-corrected chi connectivity index (χ2v) is 7.58. The van der Waals surface area contributed by atoms with Gasteiger partial charge < -0.3 is 14.5 Å². The molecular formula is C23H26N2O3. The zero-order valence-corrected chi connectivity index (χ0v) is 16.3. The zero-order valence-electron chi connectivity index (χ0n) is 16.3. The number of hydrogen-bond acceptors (Lipinski definition) is 3. The molecular weight excluding hydrogens is 352 g/mol. The molecule has 0 spiro atoms. The summed E-state index contributed by atoms with van der Waals surface area (Å²) in [4.78, 5) is 29.2. The van der Waals surface area contributed by atoms with Crippen molar-refractivity contribution in [2.75, 3.05) is 26.7 Å². The summed E-state index contributed by atoms with van der Waals surface area (Å²) in [5.41, 5.74) is 3.63. The Labute approximate surface area is 165 Å². The maximum atomic E-state index is 13.0. The van der Waals surface area contributed by atoms with Gasteiger partial charge in [-0.3, -0.25) is 9.59 Å². The van der Waals surface area contributed by atoms with E-state index in [1.54, 1.807) is 7.11 Å². The Kier molecular flexibility index (Phi) is 5.33. The minimum atomic E-state index is -0.226. The van der Waals surface area contributed by atoms with Crippen LogP contribution in [-0.2, 0) is 29.0 Å². The summed E-state index contributed by atoms with van der Waals surface area (Å²) in [7, 11) is 1.66. The molecule has 5 heteroatoms. The average Bonchev–Trinajstić information content (AvgIpc) is 3.12. The molecule has 4 rings (SSSR count). The van der Waals surface area contributed by atoms with E-state index in [2.05, 4.69) is 12.1 Å². The molecule has 1 unspecified atom stereocenters. The number of hydrogen-bond donors (Lipinski definition) is 0. The van der Waals surface area contributed by atoms with E-state index in [0.717, 1.165) is 30.7 Å². The molecule has 2 aromatic carbocycles. The van der Waals surface area contributed by atoms with Crippen LogP contribution >= 0.6 is 0 Å². The summed E-state index contributed by atoms with van der Waals surface area (Å²) in [6.07, 6.45) is 1.94. The lowest BCUT2D eigenvalue weighted by Crippen LogP contribution is -2.40. The third-order valence-electron chi connectivity index (χ3n) is 5.85. The van der Waals surface area contributed by atoms with Gasteiger partial charge in [-0.2, -0.15) is 0 Å². The third-order valence-corrected chi connectivity index (χ3v) is 5.85. The maximum Gasteiger partial charge on any atom is 0.228 e. The Morgan fingerprint density at radius 2 is 1.86 bits per heavy atom. The van der Waals surface area contributed by atoms with E-state index in [0.29, 0.717) is 26.1 Å². The predicted molar refractivity (Wildman–Crippen MR) is 107 cm³/mol. The van der Waals surface area contributed by atoms with E-state index < -0.39 is 0 Å². The summed E-state index contributed by atoms with van der Waals surface area (Å²) < 4.78 is 5.39. The second-order valence-electron chi connectivity index (χ2n) is 7.58. The number of likely N-dealkylation sites (tertiary alicyclic amines) is 1. The molecule has 1 fully saturated rings. The first kappa shape index (κ1) is 18.5. The monoisotopic (exact) mass is 378 g/mol. The molecule has 0 aliphatic carbocycles. The lowest BCUT2D eigenvalue weighted by molar-refractivity contribution is -0.136. The number of methoxy groups -OCH3 is 1. The molecule has 0 radical (unpaired) electrons. The van der Waals surface area contributed by atoms with E-state index in [4.69, 9.17) is 4.74 Å². The van der Waals surface area contributed by atoms with Gasteiger partial charge in [-0.25, -0.2) is 0 Å². The quantitative estimate of drug-likeness (QED) is 0.804. The first-order valence-corrected chi connectivity index (χ1v) is 9.91. The van der Waals surface area contributed by atoms with Crippen LogP contribution in [0.3, 0.4) is 0 Å². The fourth-order valence-electron chi connectivity index (χ4n) is 4.26. The predicted octanol–water partition coefficient (Wildman–Crippen LogP) is 2.67. The summed E-state index contributed by atoms with van der Waals surface area (Å²) >= 11 is 0. The SMILES string of the molecule is COc1ccccc1CCN1CC(C(=O)N2CCc3ccccc3C2)CC1=O. The summed E-state index contributed by atoms with van der Waals surface area (Å²) in [5.74, 6) is 0.803. The van der Waals surface area contributed by atoms with E-state index in [-0.39, 0.29) is 17.7 Å². The van der Waals surface area contributed by atoms with Crippen LogP contribution in [0.15, 0.2) is 48.5 Å². The van der Waals surface area contributed by atoms with Crippen LogP contribution in [-0.4, -0.2) is 48.4 Å². The maximum absolute atomic E-state index is 13.0. The highest BCUT2D eigenvalue weighted by atomic mass is 16.5. The van der Waals surface area contributed by atoms with Gasteiger partial charge in [0.15, 0.2) is 0 Å². The van der Waals surface area contributed by atoms with Crippen molar-refractivity contribution < 1.29 is 14.3 Å². The Balaban J connectivity index is 1.36. The Hall–Kier alpha value is -2.82. The number of amides is 2. The number of rotatable bonds is 5. The van der Waals surface area contributed by atoms with E-state index in [1.165, 1.54) is 11.1 Å². The van der Waals surface area contributed by atoms with Gasteiger partial charge >= 0.3 is 0 Å². The van der Waals surface area contributed by atoms with Gasteiger partial charge in [0.05, 0.1) is 13.0 Å². The molecule has 1 saturated heterocycles.